The quantitative estimate of drug-likeness (QED) is 0.602. The number of aliphatic carboxylic acids is 2. The van der Waals surface area contributed by atoms with Gasteiger partial charge in [0.05, 0.1) is 24.0 Å². The number of carbonyl (C=O) groups is 3. The van der Waals surface area contributed by atoms with Gasteiger partial charge >= 0.3 is 0 Å². The Bertz CT molecular complexity index is 638. The average molecular weight is 371 g/mol. The lowest BCUT2D eigenvalue weighted by molar-refractivity contribution is -0.345. The van der Waals surface area contributed by atoms with Crippen molar-refractivity contribution in [3.8, 4) is 5.75 Å². The van der Waals surface area contributed by atoms with Crippen molar-refractivity contribution in [2.45, 2.75) is 12.5 Å². The number of hydrogen-bond acceptors (Lipinski definition) is 7. The second-order valence-corrected chi connectivity index (χ2v) is 6.17. The Kier molecular flexibility index (Phi) is 7.66. The van der Waals surface area contributed by atoms with E-state index >= 15 is 0 Å². The lowest BCUT2D eigenvalue weighted by atomic mass is 10.2. The van der Waals surface area contributed by atoms with E-state index in [0.29, 0.717) is 22.9 Å². The van der Waals surface area contributed by atoms with Gasteiger partial charge in [0.15, 0.2) is 0 Å². The molecule has 1 amide bonds. The second-order valence-electron chi connectivity index (χ2n) is 5.73. The molecule has 1 atom stereocenters. The molecular weight excluding hydrogens is 352 g/mol. The summed E-state index contributed by atoms with van der Waals surface area (Å²) in [6.45, 7) is 1.52. The summed E-state index contributed by atoms with van der Waals surface area (Å²) in [7, 11) is 5.85. The number of halogens is 1. The van der Waals surface area contributed by atoms with Crippen LogP contribution in [0.5, 0.6) is 5.75 Å². The number of likely N-dealkylation sites (N-methyl/N-ethyl adjacent to an activating group) is 1. The fraction of sp³-hybridized carbons (Fsp3) is 0.438. The third-order valence-electron chi connectivity index (χ3n) is 3.35. The number of benzene rings is 1. The zero-order chi connectivity index (χ0) is 19.1. The van der Waals surface area contributed by atoms with Crippen LogP contribution >= 0.6 is 11.6 Å². The van der Waals surface area contributed by atoms with Crippen molar-refractivity contribution in [3.63, 3.8) is 0 Å². The normalized spacial score (nSPS) is 16.3. The predicted octanol–water partition coefficient (Wildman–Crippen LogP) is -1.39. The SMILES string of the molecule is CN(C)CCC1CN(C)C(=O)c2cc(Cl)ccc2O1.O=C([O-])C(=O)[O-]. The molecule has 1 aromatic carbocycles. The standard InChI is InChI=1S/C14H19ClN2O2.C2H2O4/c1-16(2)7-6-11-9-17(3)14(18)12-8-10(15)4-5-13(12)19-11;3-1(4)2(5)6/h4-5,8,11H,6-7,9H2,1-3H3;(H,3,4)(H,5,6)/p-2. The van der Waals surface area contributed by atoms with Crippen molar-refractivity contribution < 1.29 is 29.3 Å². The maximum atomic E-state index is 12.2. The number of nitrogens with zero attached hydrogens (tertiary/aromatic N) is 2. The van der Waals surface area contributed by atoms with E-state index in [2.05, 4.69) is 4.90 Å². The Morgan fingerprint density at radius 1 is 1.32 bits per heavy atom. The summed E-state index contributed by atoms with van der Waals surface area (Å²) in [6.07, 6.45) is 0.894. The summed E-state index contributed by atoms with van der Waals surface area (Å²) in [5, 5.41) is 18.4. The van der Waals surface area contributed by atoms with Gasteiger partial charge in [-0.3, -0.25) is 4.79 Å². The van der Waals surface area contributed by atoms with E-state index in [-0.39, 0.29) is 12.0 Å². The van der Waals surface area contributed by atoms with E-state index in [1.165, 1.54) is 0 Å². The topological polar surface area (TPSA) is 113 Å². The first-order chi connectivity index (χ1) is 11.6. The molecule has 1 heterocycles. The molecule has 25 heavy (non-hydrogen) atoms. The molecular formula is C16H19ClN2O6-2. The lowest BCUT2D eigenvalue weighted by Crippen LogP contribution is -2.42. The van der Waals surface area contributed by atoms with Gasteiger partial charge in [-0.25, -0.2) is 0 Å². The molecule has 0 radical (unpaired) electrons. The molecule has 0 saturated carbocycles. The number of carboxylic acid groups (broad SMARTS) is 2. The molecule has 0 aromatic heterocycles. The van der Waals surface area contributed by atoms with Crippen molar-refractivity contribution in [2.75, 3.05) is 34.2 Å². The number of carboxylic acids is 2. The van der Waals surface area contributed by atoms with E-state index in [1.807, 2.05) is 14.1 Å². The minimum Gasteiger partial charge on any atom is -0.543 e. The van der Waals surface area contributed by atoms with E-state index < -0.39 is 11.9 Å². The highest BCUT2D eigenvalue weighted by Gasteiger charge is 2.26. The summed E-state index contributed by atoms with van der Waals surface area (Å²) in [6, 6.07) is 5.20. The maximum absolute atomic E-state index is 12.2. The van der Waals surface area contributed by atoms with Crippen LogP contribution < -0.4 is 14.9 Å². The highest BCUT2D eigenvalue weighted by atomic mass is 35.5. The number of fused-ring (bicyclic) bond motifs is 1. The summed E-state index contributed by atoms with van der Waals surface area (Å²) in [4.78, 5) is 33.9. The Morgan fingerprint density at radius 3 is 2.44 bits per heavy atom. The van der Waals surface area contributed by atoms with Crippen LogP contribution in [0, 0.1) is 0 Å². The first-order valence-corrected chi connectivity index (χ1v) is 7.78. The molecule has 2 rings (SSSR count). The van der Waals surface area contributed by atoms with Gasteiger partial charge in [0, 0.05) is 18.6 Å². The van der Waals surface area contributed by atoms with E-state index in [9.17, 15) is 4.79 Å². The third-order valence-corrected chi connectivity index (χ3v) is 3.59. The van der Waals surface area contributed by atoms with Crippen molar-refractivity contribution in [1.29, 1.82) is 0 Å². The molecule has 0 N–H and O–H groups in total. The number of amides is 1. The fourth-order valence-corrected chi connectivity index (χ4v) is 2.31. The largest absolute Gasteiger partial charge is 0.543 e. The first-order valence-electron chi connectivity index (χ1n) is 7.40. The number of rotatable bonds is 3. The zero-order valence-electron chi connectivity index (χ0n) is 14.2. The fourth-order valence-electron chi connectivity index (χ4n) is 2.14. The van der Waals surface area contributed by atoms with Crippen LogP contribution in [0.4, 0.5) is 0 Å². The summed E-state index contributed by atoms with van der Waals surface area (Å²) < 4.78 is 5.96. The van der Waals surface area contributed by atoms with Gasteiger partial charge in [-0.1, -0.05) is 11.6 Å². The highest BCUT2D eigenvalue weighted by molar-refractivity contribution is 6.31. The van der Waals surface area contributed by atoms with Crippen molar-refractivity contribution in [3.05, 3.63) is 28.8 Å². The smallest absolute Gasteiger partial charge is 0.257 e. The summed E-state index contributed by atoms with van der Waals surface area (Å²) in [5.74, 6) is -3.78. The lowest BCUT2D eigenvalue weighted by Gasteiger charge is -2.22. The van der Waals surface area contributed by atoms with Crippen LogP contribution in [0.2, 0.25) is 5.02 Å². The molecule has 0 saturated heterocycles. The summed E-state index contributed by atoms with van der Waals surface area (Å²) >= 11 is 5.95. The van der Waals surface area contributed by atoms with Gasteiger partial charge in [-0.2, -0.15) is 0 Å². The molecule has 138 valence electrons. The predicted molar refractivity (Wildman–Crippen MR) is 86.0 cm³/mol. The van der Waals surface area contributed by atoms with Crippen LogP contribution in [-0.2, 0) is 9.59 Å². The van der Waals surface area contributed by atoms with Crippen LogP contribution in [0.15, 0.2) is 18.2 Å². The van der Waals surface area contributed by atoms with Gasteiger partial charge in [0.2, 0.25) is 0 Å². The average Bonchev–Trinajstić information content (AvgIpc) is 2.64. The van der Waals surface area contributed by atoms with Gasteiger partial charge in [0.1, 0.15) is 11.9 Å². The van der Waals surface area contributed by atoms with Crippen LogP contribution in [0.3, 0.4) is 0 Å². The number of carbonyl (C=O) groups excluding carboxylic acids is 3. The van der Waals surface area contributed by atoms with Gasteiger partial charge in [-0.15, -0.1) is 0 Å². The maximum Gasteiger partial charge on any atom is 0.257 e. The Morgan fingerprint density at radius 2 is 1.92 bits per heavy atom. The minimum atomic E-state index is -2.19. The zero-order valence-corrected chi connectivity index (χ0v) is 14.9. The van der Waals surface area contributed by atoms with Gasteiger partial charge < -0.3 is 34.3 Å². The van der Waals surface area contributed by atoms with Crippen LogP contribution in [0.1, 0.15) is 16.8 Å². The van der Waals surface area contributed by atoms with Crippen molar-refractivity contribution in [1.82, 2.24) is 9.80 Å². The Balaban J connectivity index is 0.000000450. The van der Waals surface area contributed by atoms with Crippen molar-refractivity contribution >= 4 is 29.4 Å². The van der Waals surface area contributed by atoms with Crippen LogP contribution in [0.25, 0.3) is 0 Å². The van der Waals surface area contributed by atoms with E-state index in [1.54, 1.807) is 30.1 Å². The number of ether oxygens (including phenoxy) is 1. The monoisotopic (exact) mass is 370 g/mol. The molecule has 8 nitrogen and oxygen atoms in total. The molecule has 9 heteroatoms. The summed E-state index contributed by atoms with van der Waals surface area (Å²) in [5.41, 5.74) is 0.544. The molecule has 1 unspecified atom stereocenters. The van der Waals surface area contributed by atoms with E-state index in [4.69, 9.17) is 36.1 Å². The molecule has 1 aliphatic rings. The molecule has 0 spiro atoms. The minimum absolute atomic E-state index is 0.0128. The second kappa shape index (κ2) is 9.24. The highest BCUT2D eigenvalue weighted by Crippen LogP contribution is 2.28. The Hall–Kier alpha value is -2.32. The van der Waals surface area contributed by atoms with Crippen molar-refractivity contribution in [2.24, 2.45) is 0 Å². The molecule has 0 bridgehead atoms. The van der Waals surface area contributed by atoms with E-state index in [0.717, 1.165) is 13.0 Å². The Labute approximate surface area is 150 Å². The molecule has 1 aromatic rings. The van der Waals surface area contributed by atoms with Gasteiger partial charge in [-0.05, 0) is 38.7 Å². The first kappa shape index (κ1) is 20.7. The number of hydrogen-bond donors (Lipinski definition) is 0. The molecule has 1 aliphatic heterocycles. The molecule has 0 aliphatic carbocycles. The van der Waals surface area contributed by atoms with Gasteiger partial charge in [0.25, 0.3) is 5.91 Å². The third kappa shape index (κ3) is 6.60. The van der Waals surface area contributed by atoms with Crippen LogP contribution in [-0.4, -0.2) is 68.0 Å². The molecule has 0 fully saturated rings.